The first-order valence-corrected chi connectivity index (χ1v) is 7.46. The Labute approximate surface area is 138 Å². The third kappa shape index (κ3) is 5.10. The molecule has 7 heteroatoms. The molecule has 122 valence electrons. The van der Waals surface area contributed by atoms with Crippen LogP contribution in [0.4, 0.5) is 5.69 Å². The van der Waals surface area contributed by atoms with E-state index in [-0.39, 0.29) is 13.0 Å². The SMILES string of the molecule is Cc1noc(C)c1CCC(=O)OCC(=O)Nc1ccc(Cl)cc1. The summed E-state index contributed by atoms with van der Waals surface area (Å²) in [6.45, 7) is 3.28. The highest BCUT2D eigenvalue weighted by atomic mass is 35.5. The van der Waals surface area contributed by atoms with E-state index in [0.717, 1.165) is 11.3 Å². The van der Waals surface area contributed by atoms with Gasteiger partial charge in [0.05, 0.1) is 5.69 Å². The number of benzene rings is 1. The van der Waals surface area contributed by atoms with Crippen LogP contribution in [-0.4, -0.2) is 23.6 Å². The van der Waals surface area contributed by atoms with Crippen molar-refractivity contribution in [1.82, 2.24) is 5.16 Å². The second-order valence-corrected chi connectivity index (χ2v) is 5.45. The molecule has 0 radical (unpaired) electrons. The molecule has 23 heavy (non-hydrogen) atoms. The zero-order chi connectivity index (χ0) is 16.8. The number of amides is 1. The van der Waals surface area contributed by atoms with Crippen LogP contribution in [-0.2, 0) is 20.7 Å². The molecule has 0 fully saturated rings. The fraction of sp³-hybridized carbons (Fsp3) is 0.312. The minimum Gasteiger partial charge on any atom is -0.456 e. The number of nitrogens with one attached hydrogen (secondary N) is 1. The first-order chi connectivity index (χ1) is 11.0. The standard InChI is InChI=1S/C16H17ClN2O4/c1-10-14(11(2)23-19-10)7-8-16(21)22-9-15(20)18-13-5-3-12(17)4-6-13/h3-6H,7-9H2,1-2H3,(H,18,20). The Morgan fingerprint density at radius 3 is 2.57 bits per heavy atom. The molecule has 1 N–H and O–H groups in total. The lowest BCUT2D eigenvalue weighted by Crippen LogP contribution is -2.21. The van der Waals surface area contributed by atoms with E-state index in [1.54, 1.807) is 31.2 Å². The molecule has 1 heterocycles. The summed E-state index contributed by atoms with van der Waals surface area (Å²) >= 11 is 5.76. The van der Waals surface area contributed by atoms with Gasteiger partial charge in [0.15, 0.2) is 6.61 Å². The van der Waals surface area contributed by atoms with E-state index < -0.39 is 11.9 Å². The number of rotatable bonds is 6. The third-order valence-electron chi connectivity index (χ3n) is 3.25. The second-order valence-electron chi connectivity index (χ2n) is 5.02. The van der Waals surface area contributed by atoms with Crippen molar-refractivity contribution in [3.05, 3.63) is 46.3 Å². The summed E-state index contributed by atoms with van der Waals surface area (Å²) in [6.07, 6.45) is 0.635. The van der Waals surface area contributed by atoms with E-state index in [1.807, 2.05) is 6.92 Å². The highest BCUT2D eigenvalue weighted by molar-refractivity contribution is 6.30. The van der Waals surface area contributed by atoms with Crippen molar-refractivity contribution < 1.29 is 18.8 Å². The molecule has 1 aromatic carbocycles. The van der Waals surface area contributed by atoms with Gasteiger partial charge < -0.3 is 14.6 Å². The maximum atomic E-state index is 11.7. The number of aromatic nitrogens is 1. The molecule has 0 spiro atoms. The third-order valence-corrected chi connectivity index (χ3v) is 3.50. The van der Waals surface area contributed by atoms with Crippen molar-refractivity contribution in [3.8, 4) is 0 Å². The number of esters is 1. The van der Waals surface area contributed by atoms with Gasteiger partial charge in [-0.3, -0.25) is 9.59 Å². The highest BCUT2D eigenvalue weighted by Crippen LogP contribution is 2.15. The fourth-order valence-corrected chi connectivity index (χ4v) is 2.16. The van der Waals surface area contributed by atoms with Gasteiger partial charge in [0.25, 0.3) is 5.91 Å². The molecule has 1 amide bonds. The summed E-state index contributed by atoms with van der Waals surface area (Å²) < 4.78 is 9.97. The van der Waals surface area contributed by atoms with Gasteiger partial charge >= 0.3 is 5.97 Å². The van der Waals surface area contributed by atoms with Crippen LogP contribution in [0.15, 0.2) is 28.8 Å². The zero-order valence-electron chi connectivity index (χ0n) is 12.9. The molecule has 1 aromatic heterocycles. The summed E-state index contributed by atoms with van der Waals surface area (Å²) in [7, 11) is 0. The van der Waals surface area contributed by atoms with Gasteiger partial charge in [-0.05, 0) is 44.5 Å². The predicted molar refractivity (Wildman–Crippen MR) is 85.3 cm³/mol. The van der Waals surface area contributed by atoms with Gasteiger partial charge in [-0.15, -0.1) is 0 Å². The number of hydrogen-bond acceptors (Lipinski definition) is 5. The average molecular weight is 337 g/mol. The van der Waals surface area contributed by atoms with Crippen molar-refractivity contribution in [1.29, 1.82) is 0 Å². The molecule has 2 rings (SSSR count). The summed E-state index contributed by atoms with van der Waals surface area (Å²) in [5.74, 6) is -0.162. The van der Waals surface area contributed by atoms with Crippen LogP contribution in [0.25, 0.3) is 0 Å². The van der Waals surface area contributed by atoms with E-state index in [1.165, 1.54) is 0 Å². The second kappa shape index (κ2) is 7.78. The molecule has 0 aliphatic rings. The van der Waals surface area contributed by atoms with E-state index in [4.69, 9.17) is 20.9 Å². The first-order valence-electron chi connectivity index (χ1n) is 7.08. The maximum absolute atomic E-state index is 11.7. The molecule has 0 unspecified atom stereocenters. The van der Waals surface area contributed by atoms with Crippen LogP contribution in [0.2, 0.25) is 5.02 Å². The number of aryl methyl sites for hydroxylation is 2. The quantitative estimate of drug-likeness (QED) is 0.820. The summed E-state index contributed by atoms with van der Waals surface area (Å²) in [5.41, 5.74) is 2.24. The van der Waals surface area contributed by atoms with Crippen LogP contribution in [0.1, 0.15) is 23.4 Å². The average Bonchev–Trinajstić information content (AvgIpc) is 2.84. The van der Waals surface area contributed by atoms with Gasteiger partial charge in [0.2, 0.25) is 0 Å². The Kier molecular flexibility index (Phi) is 5.76. The topological polar surface area (TPSA) is 81.4 Å². The maximum Gasteiger partial charge on any atom is 0.306 e. The Balaban J connectivity index is 1.73. The molecular weight excluding hydrogens is 320 g/mol. The lowest BCUT2D eigenvalue weighted by molar-refractivity contribution is -0.147. The van der Waals surface area contributed by atoms with Crippen LogP contribution in [0, 0.1) is 13.8 Å². The van der Waals surface area contributed by atoms with Crippen molar-refractivity contribution in [2.24, 2.45) is 0 Å². The molecule has 0 saturated carbocycles. The van der Waals surface area contributed by atoms with Crippen molar-refractivity contribution >= 4 is 29.2 Å². The van der Waals surface area contributed by atoms with E-state index >= 15 is 0 Å². The minimum atomic E-state index is -0.448. The predicted octanol–water partition coefficient (Wildman–Crippen LogP) is 3.06. The first kappa shape index (κ1) is 17.0. The Bertz CT molecular complexity index is 675. The molecule has 0 aliphatic heterocycles. The van der Waals surface area contributed by atoms with Gasteiger partial charge in [0, 0.05) is 22.7 Å². The number of nitrogens with zero attached hydrogens (tertiary/aromatic N) is 1. The Hall–Kier alpha value is -2.34. The number of carbonyl (C=O) groups excluding carboxylic acids is 2. The van der Waals surface area contributed by atoms with Gasteiger partial charge in [0.1, 0.15) is 5.76 Å². The summed E-state index contributed by atoms with van der Waals surface area (Å²) in [5, 5.41) is 7.01. The molecule has 6 nitrogen and oxygen atoms in total. The lowest BCUT2D eigenvalue weighted by atomic mass is 10.1. The zero-order valence-corrected chi connectivity index (χ0v) is 13.6. The van der Waals surface area contributed by atoms with Crippen LogP contribution in [0.3, 0.4) is 0 Å². The number of halogens is 1. The molecule has 0 saturated heterocycles. The smallest absolute Gasteiger partial charge is 0.306 e. The lowest BCUT2D eigenvalue weighted by Gasteiger charge is -2.06. The monoisotopic (exact) mass is 336 g/mol. The van der Waals surface area contributed by atoms with E-state index in [2.05, 4.69) is 10.5 Å². The molecule has 0 bridgehead atoms. The van der Waals surface area contributed by atoms with Gasteiger partial charge in [-0.1, -0.05) is 16.8 Å². The van der Waals surface area contributed by atoms with E-state index in [0.29, 0.717) is 22.9 Å². The highest BCUT2D eigenvalue weighted by Gasteiger charge is 2.13. The van der Waals surface area contributed by atoms with Gasteiger partial charge in [-0.25, -0.2) is 0 Å². The summed E-state index contributed by atoms with van der Waals surface area (Å²) in [4.78, 5) is 23.4. The van der Waals surface area contributed by atoms with Gasteiger partial charge in [-0.2, -0.15) is 0 Å². The van der Waals surface area contributed by atoms with Crippen LogP contribution in [0.5, 0.6) is 0 Å². The normalized spacial score (nSPS) is 10.4. The Morgan fingerprint density at radius 2 is 1.96 bits per heavy atom. The van der Waals surface area contributed by atoms with Crippen molar-refractivity contribution in [2.75, 3.05) is 11.9 Å². The Morgan fingerprint density at radius 1 is 1.26 bits per heavy atom. The molecule has 0 aliphatic carbocycles. The number of ether oxygens (including phenoxy) is 1. The van der Waals surface area contributed by atoms with Crippen LogP contribution < -0.4 is 5.32 Å². The number of hydrogen-bond donors (Lipinski definition) is 1. The minimum absolute atomic E-state index is 0.164. The van der Waals surface area contributed by atoms with Crippen molar-refractivity contribution in [2.45, 2.75) is 26.7 Å². The summed E-state index contributed by atoms with van der Waals surface area (Å²) in [6, 6.07) is 6.65. The fourth-order valence-electron chi connectivity index (χ4n) is 2.03. The molecular formula is C16H17ClN2O4. The van der Waals surface area contributed by atoms with Crippen molar-refractivity contribution in [3.63, 3.8) is 0 Å². The molecule has 0 atom stereocenters. The number of carbonyl (C=O) groups is 2. The molecule has 2 aromatic rings. The van der Waals surface area contributed by atoms with E-state index in [9.17, 15) is 9.59 Å². The number of anilines is 1. The van der Waals surface area contributed by atoms with Crippen LogP contribution >= 0.6 is 11.6 Å². The largest absolute Gasteiger partial charge is 0.456 e.